The fourth-order valence-electron chi connectivity index (χ4n) is 2.74. The van der Waals surface area contributed by atoms with Crippen molar-refractivity contribution >= 4 is 0 Å². The van der Waals surface area contributed by atoms with Crippen LogP contribution in [-0.4, -0.2) is 23.1 Å². The van der Waals surface area contributed by atoms with E-state index in [1.807, 2.05) is 0 Å². The number of benzene rings is 2. The van der Waals surface area contributed by atoms with Crippen molar-refractivity contribution in [2.24, 2.45) is 0 Å². The third kappa shape index (κ3) is 2.89. The van der Waals surface area contributed by atoms with Crippen molar-refractivity contribution in [3.8, 4) is 0 Å². The SMILES string of the molecule is OC(CN1CCc2ccccc2C1)c1ccc(F)cc1. The molecule has 0 spiro atoms. The fourth-order valence-corrected chi connectivity index (χ4v) is 2.74. The summed E-state index contributed by atoms with van der Waals surface area (Å²) in [5.74, 6) is -0.271. The van der Waals surface area contributed by atoms with E-state index in [-0.39, 0.29) is 5.82 Å². The van der Waals surface area contributed by atoms with E-state index in [9.17, 15) is 9.50 Å². The van der Waals surface area contributed by atoms with Crippen LogP contribution >= 0.6 is 0 Å². The Morgan fingerprint density at radius 3 is 2.50 bits per heavy atom. The minimum atomic E-state index is -0.569. The Balaban J connectivity index is 1.66. The number of β-amino-alcohol motifs (C(OH)–C–C–N with tert-alkyl or cyclic N) is 1. The maximum atomic E-state index is 12.9. The van der Waals surface area contributed by atoms with Crippen molar-refractivity contribution in [1.82, 2.24) is 4.90 Å². The lowest BCUT2D eigenvalue weighted by atomic mass is 9.99. The summed E-state index contributed by atoms with van der Waals surface area (Å²) < 4.78 is 12.9. The van der Waals surface area contributed by atoms with E-state index >= 15 is 0 Å². The number of hydrogen-bond acceptors (Lipinski definition) is 2. The van der Waals surface area contributed by atoms with Gasteiger partial charge < -0.3 is 5.11 Å². The molecule has 2 aromatic carbocycles. The van der Waals surface area contributed by atoms with Gasteiger partial charge in [0.25, 0.3) is 0 Å². The molecule has 2 nitrogen and oxygen atoms in total. The first-order valence-electron chi connectivity index (χ1n) is 6.95. The molecule has 3 heteroatoms. The molecule has 0 aliphatic carbocycles. The van der Waals surface area contributed by atoms with Gasteiger partial charge in [-0.05, 0) is 35.2 Å². The van der Waals surface area contributed by atoms with E-state index in [1.165, 1.54) is 23.3 Å². The molecule has 0 saturated heterocycles. The molecule has 2 aromatic rings. The highest BCUT2D eigenvalue weighted by molar-refractivity contribution is 5.29. The predicted molar refractivity (Wildman–Crippen MR) is 76.8 cm³/mol. The second kappa shape index (κ2) is 5.73. The molecule has 1 aliphatic heterocycles. The van der Waals surface area contributed by atoms with Gasteiger partial charge in [0, 0.05) is 19.6 Å². The van der Waals surface area contributed by atoms with E-state index in [0.717, 1.165) is 25.1 Å². The summed E-state index contributed by atoms with van der Waals surface area (Å²) in [6.07, 6.45) is 0.452. The van der Waals surface area contributed by atoms with Crippen LogP contribution < -0.4 is 0 Å². The fraction of sp³-hybridized carbons (Fsp3) is 0.294. The lowest BCUT2D eigenvalue weighted by molar-refractivity contribution is 0.106. The standard InChI is InChI=1S/C17H18FNO/c18-16-7-5-14(6-8-16)17(20)12-19-10-9-13-3-1-2-4-15(13)11-19/h1-8,17,20H,9-12H2. The van der Waals surface area contributed by atoms with Crippen LogP contribution in [0.2, 0.25) is 0 Å². The molecular weight excluding hydrogens is 253 g/mol. The Bertz CT molecular complexity index is 582. The highest BCUT2D eigenvalue weighted by Gasteiger charge is 2.19. The van der Waals surface area contributed by atoms with Crippen LogP contribution in [0.1, 0.15) is 22.8 Å². The maximum Gasteiger partial charge on any atom is 0.123 e. The molecule has 1 N–H and O–H groups in total. The van der Waals surface area contributed by atoms with Crippen LogP contribution in [0, 0.1) is 5.82 Å². The number of aliphatic hydroxyl groups is 1. The zero-order valence-corrected chi connectivity index (χ0v) is 11.3. The average Bonchev–Trinajstić information content (AvgIpc) is 2.48. The van der Waals surface area contributed by atoms with Crippen molar-refractivity contribution in [3.05, 3.63) is 71.0 Å². The lowest BCUT2D eigenvalue weighted by Gasteiger charge is -2.30. The molecule has 1 heterocycles. The van der Waals surface area contributed by atoms with E-state index < -0.39 is 6.10 Å². The average molecular weight is 271 g/mol. The van der Waals surface area contributed by atoms with Gasteiger partial charge in [-0.2, -0.15) is 0 Å². The maximum absolute atomic E-state index is 12.9. The van der Waals surface area contributed by atoms with Crippen LogP contribution in [0.5, 0.6) is 0 Å². The number of aliphatic hydroxyl groups excluding tert-OH is 1. The first-order valence-corrected chi connectivity index (χ1v) is 6.95. The Kier molecular flexibility index (Phi) is 3.81. The summed E-state index contributed by atoms with van der Waals surface area (Å²) in [6, 6.07) is 14.5. The predicted octanol–water partition coefficient (Wildman–Crippen LogP) is 2.92. The first kappa shape index (κ1) is 13.3. The minimum absolute atomic E-state index is 0.271. The number of halogens is 1. The summed E-state index contributed by atoms with van der Waals surface area (Å²) in [6.45, 7) is 2.41. The molecule has 0 fully saturated rings. The Labute approximate surface area is 118 Å². The molecule has 1 aliphatic rings. The molecule has 104 valence electrons. The molecule has 1 unspecified atom stereocenters. The minimum Gasteiger partial charge on any atom is -0.387 e. The number of hydrogen-bond donors (Lipinski definition) is 1. The van der Waals surface area contributed by atoms with Crippen molar-refractivity contribution in [1.29, 1.82) is 0 Å². The topological polar surface area (TPSA) is 23.5 Å². The van der Waals surface area contributed by atoms with E-state index in [0.29, 0.717) is 6.54 Å². The molecule has 0 bridgehead atoms. The van der Waals surface area contributed by atoms with Gasteiger partial charge in [-0.1, -0.05) is 36.4 Å². The van der Waals surface area contributed by atoms with Crippen LogP contribution in [-0.2, 0) is 13.0 Å². The highest BCUT2D eigenvalue weighted by Crippen LogP contribution is 2.21. The summed E-state index contributed by atoms with van der Waals surface area (Å²) in [5.41, 5.74) is 3.51. The van der Waals surface area contributed by atoms with Crippen molar-refractivity contribution in [3.63, 3.8) is 0 Å². The molecule has 20 heavy (non-hydrogen) atoms. The van der Waals surface area contributed by atoms with Crippen LogP contribution in [0.15, 0.2) is 48.5 Å². The van der Waals surface area contributed by atoms with Crippen LogP contribution in [0.25, 0.3) is 0 Å². The molecule has 3 rings (SSSR count). The van der Waals surface area contributed by atoms with Gasteiger partial charge in [-0.15, -0.1) is 0 Å². The van der Waals surface area contributed by atoms with E-state index in [2.05, 4.69) is 29.2 Å². The second-order valence-corrected chi connectivity index (χ2v) is 5.32. The third-order valence-electron chi connectivity index (χ3n) is 3.90. The zero-order chi connectivity index (χ0) is 13.9. The summed E-state index contributed by atoms with van der Waals surface area (Å²) in [4.78, 5) is 2.25. The number of rotatable bonds is 3. The molecule has 0 amide bonds. The van der Waals surface area contributed by atoms with E-state index in [1.54, 1.807) is 12.1 Å². The van der Waals surface area contributed by atoms with Gasteiger partial charge >= 0.3 is 0 Å². The highest BCUT2D eigenvalue weighted by atomic mass is 19.1. The smallest absolute Gasteiger partial charge is 0.123 e. The van der Waals surface area contributed by atoms with Crippen molar-refractivity contribution in [2.75, 3.05) is 13.1 Å². The Hall–Kier alpha value is -1.71. The number of nitrogens with zero attached hydrogens (tertiary/aromatic N) is 1. The normalized spacial score (nSPS) is 16.7. The van der Waals surface area contributed by atoms with Gasteiger partial charge in [0.15, 0.2) is 0 Å². The zero-order valence-electron chi connectivity index (χ0n) is 11.3. The molecule has 0 aromatic heterocycles. The molecule has 0 radical (unpaired) electrons. The van der Waals surface area contributed by atoms with E-state index in [4.69, 9.17) is 0 Å². The monoisotopic (exact) mass is 271 g/mol. The van der Waals surface area contributed by atoms with Gasteiger partial charge in [0.1, 0.15) is 5.82 Å². The van der Waals surface area contributed by atoms with Gasteiger partial charge in [-0.3, -0.25) is 4.90 Å². The molecular formula is C17H18FNO. The van der Waals surface area contributed by atoms with Gasteiger partial charge in [0.05, 0.1) is 6.10 Å². The van der Waals surface area contributed by atoms with Crippen LogP contribution in [0.4, 0.5) is 4.39 Å². The molecule has 1 atom stereocenters. The summed E-state index contributed by atoms with van der Waals surface area (Å²) in [5, 5.41) is 10.2. The Morgan fingerprint density at radius 2 is 1.75 bits per heavy atom. The molecule has 0 saturated carbocycles. The number of fused-ring (bicyclic) bond motifs is 1. The van der Waals surface area contributed by atoms with Crippen molar-refractivity contribution in [2.45, 2.75) is 19.1 Å². The summed E-state index contributed by atoms with van der Waals surface area (Å²) >= 11 is 0. The van der Waals surface area contributed by atoms with Crippen LogP contribution in [0.3, 0.4) is 0 Å². The van der Waals surface area contributed by atoms with Gasteiger partial charge in [-0.25, -0.2) is 4.39 Å². The quantitative estimate of drug-likeness (QED) is 0.928. The third-order valence-corrected chi connectivity index (χ3v) is 3.90. The Morgan fingerprint density at radius 1 is 1.05 bits per heavy atom. The van der Waals surface area contributed by atoms with Gasteiger partial charge in [0.2, 0.25) is 0 Å². The second-order valence-electron chi connectivity index (χ2n) is 5.32. The first-order chi connectivity index (χ1) is 9.72. The lowest BCUT2D eigenvalue weighted by Crippen LogP contribution is -2.33. The summed E-state index contributed by atoms with van der Waals surface area (Å²) in [7, 11) is 0. The largest absolute Gasteiger partial charge is 0.387 e. The van der Waals surface area contributed by atoms with Crippen molar-refractivity contribution < 1.29 is 9.50 Å².